The van der Waals surface area contributed by atoms with E-state index in [1.54, 1.807) is 0 Å². The SMILES string of the molecule is CCCN(CC(=O)N1CCCCCCC1)CC1CCCN1. The van der Waals surface area contributed by atoms with Gasteiger partial charge >= 0.3 is 0 Å². The Morgan fingerprint density at radius 3 is 2.48 bits per heavy atom. The molecule has 0 aromatic rings. The average Bonchev–Trinajstić information content (AvgIpc) is 2.91. The first kappa shape index (κ1) is 16.8. The first-order valence-corrected chi connectivity index (χ1v) is 9.03. The van der Waals surface area contributed by atoms with E-state index in [0.717, 1.165) is 39.1 Å². The maximum Gasteiger partial charge on any atom is 0.236 e. The van der Waals surface area contributed by atoms with Crippen molar-refractivity contribution in [1.29, 1.82) is 0 Å². The Kier molecular flexibility index (Phi) is 7.51. The number of hydrogen-bond acceptors (Lipinski definition) is 3. The van der Waals surface area contributed by atoms with Gasteiger partial charge in [-0.15, -0.1) is 0 Å². The van der Waals surface area contributed by atoms with Crippen LogP contribution in [0.1, 0.15) is 58.3 Å². The summed E-state index contributed by atoms with van der Waals surface area (Å²) in [6, 6.07) is 0.594. The minimum Gasteiger partial charge on any atom is -0.342 e. The third-order valence-electron chi connectivity index (χ3n) is 4.75. The van der Waals surface area contributed by atoms with Gasteiger partial charge in [-0.1, -0.05) is 26.2 Å². The summed E-state index contributed by atoms with van der Waals surface area (Å²) in [6.45, 7) is 7.98. The smallest absolute Gasteiger partial charge is 0.236 e. The molecular formula is C17H33N3O. The Morgan fingerprint density at radius 1 is 1.14 bits per heavy atom. The van der Waals surface area contributed by atoms with Crippen LogP contribution in [-0.4, -0.2) is 61.0 Å². The summed E-state index contributed by atoms with van der Waals surface area (Å²) in [5.74, 6) is 0.350. The molecule has 0 aliphatic carbocycles. The number of carbonyl (C=O) groups excluding carboxylic acids is 1. The molecule has 0 radical (unpaired) electrons. The van der Waals surface area contributed by atoms with Gasteiger partial charge in [0, 0.05) is 25.7 Å². The van der Waals surface area contributed by atoms with Gasteiger partial charge in [0.2, 0.25) is 5.91 Å². The predicted octanol–water partition coefficient (Wildman–Crippen LogP) is 2.24. The van der Waals surface area contributed by atoms with Crippen LogP contribution >= 0.6 is 0 Å². The quantitative estimate of drug-likeness (QED) is 0.816. The van der Waals surface area contributed by atoms with Crippen LogP contribution in [0.3, 0.4) is 0 Å². The third kappa shape index (κ3) is 5.95. The Balaban J connectivity index is 1.80. The van der Waals surface area contributed by atoms with E-state index in [1.807, 2.05) is 0 Å². The molecule has 1 N–H and O–H groups in total. The topological polar surface area (TPSA) is 35.6 Å². The van der Waals surface area contributed by atoms with Crippen LogP contribution in [0.5, 0.6) is 0 Å². The van der Waals surface area contributed by atoms with Gasteiger partial charge < -0.3 is 10.2 Å². The minimum absolute atomic E-state index is 0.350. The van der Waals surface area contributed by atoms with Crippen LogP contribution in [0.25, 0.3) is 0 Å². The molecule has 2 saturated heterocycles. The van der Waals surface area contributed by atoms with Gasteiger partial charge in [-0.3, -0.25) is 9.69 Å². The molecule has 21 heavy (non-hydrogen) atoms. The lowest BCUT2D eigenvalue weighted by atomic mass is 10.1. The second-order valence-electron chi connectivity index (χ2n) is 6.68. The number of amides is 1. The highest BCUT2D eigenvalue weighted by molar-refractivity contribution is 5.78. The first-order valence-electron chi connectivity index (χ1n) is 9.03. The van der Waals surface area contributed by atoms with E-state index in [4.69, 9.17) is 0 Å². The number of nitrogens with one attached hydrogen (secondary N) is 1. The molecule has 4 nitrogen and oxygen atoms in total. The van der Waals surface area contributed by atoms with E-state index in [9.17, 15) is 4.79 Å². The molecule has 0 aromatic carbocycles. The largest absolute Gasteiger partial charge is 0.342 e. The van der Waals surface area contributed by atoms with Crippen molar-refractivity contribution in [2.75, 3.05) is 39.3 Å². The lowest BCUT2D eigenvalue weighted by Crippen LogP contribution is -2.45. The molecule has 0 aromatic heterocycles. The van der Waals surface area contributed by atoms with Gasteiger partial charge in [-0.25, -0.2) is 0 Å². The van der Waals surface area contributed by atoms with Gasteiger partial charge in [0.1, 0.15) is 0 Å². The lowest BCUT2D eigenvalue weighted by Gasteiger charge is -2.30. The number of likely N-dealkylation sites (tertiary alicyclic amines) is 1. The standard InChI is InChI=1S/C17H33N3O/c1-2-11-19(14-16-9-8-10-18-16)15-17(21)20-12-6-4-3-5-7-13-20/h16,18H,2-15H2,1H3. The van der Waals surface area contributed by atoms with E-state index < -0.39 is 0 Å². The zero-order valence-electron chi connectivity index (χ0n) is 13.8. The normalized spacial score (nSPS) is 24.1. The third-order valence-corrected chi connectivity index (χ3v) is 4.75. The summed E-state index contributed by atoms with van der Waals surface area (Å²) in [5.41, 5.74) is 0. The second kappa shape index (κ2) is 9.42. The summed E-state index contributed by atoms with van der Waals surface area (Å²) in [7, 11) is 0. The summed E-state index contributed by atoms with van der Waals surface area (Å²) in [5, 5.41) is 3.55. The van der Waals surface area contributed by atoms with Crippen LogP contribution in [0, 0.1) is 0 Å². The van der Waals surface area contributed by atoms with Gasteiger partial charge in [0.15, 0.2) is 0 Å². The summed E-state index contributed by atoms with van der Waals surface area (Å²) in [6.07, 6.45) is 9.95. The molecule has 2 aliphatic heterocycles. The molecule has 1 unspecified atom stereocenters. The summed E-state index contributed by atoms with van der Waals surface area (Å²) < 4.78 is 0. The van der Waals surface area contributed by atoms with Crippen molar-refractivity contribution in [3.63, 3.8) is 0 Å². The maximum absolute atomic E-state index is 12.6. The molecule has 2 rings (SSSR count). The molecule has 122 valence electrons. The van der Waals surface area contributed by atoms with E-state index in [2.05, 4.69) is 22.0 Å². The van der Waals surface area contributed by atoms with E-state index >= 15 is 0 Å². The zero-order chi connectivity index (χ0) is 14.9. The molecule has 1 amide bonds. The van der Waals surface area contributed by atoms with Crippen molar-refractivity contribution < 1.29 is 4.79 Å². The number of carbonyl (C=O) groups is 1. The van der Waals surface area contributed by atoms with Crippen LogP contribution in [0.2, 0.25) is 0 Å². The molecule has 4 heteroatoms. The minimum atomic E-state index is 0.350. The average molecular weight is 295 g/mol. The van der Waals surface area contributed by atoms with Crippen molar-refractivity contribution in [2.45, 2.75) is 64.3 Å². The Morgan fingerprint density at radius 2 is 1.86 bits per heavy atom. The number of hydrogen-bond donors (Lipinski definition) is 1. The second-order valence-corrected chi connectivity index (χ2v) is 6.68. The molecule has 2 aliphatic rings. The molecule has 0 spiro atoms. The molecular weight excluding hydrogens is 262 g/mol. The predicted molar refractivity (Wildman–Crippen MR) is 87.4 cm³/mol. The Labute approximate surface area is 130 Å². The van der Waals surface area contributed by atoms with Crippen LogP contribution in [-0.2, 0) is 4.79 Å². The van der Waals surface area contributed by atoms with E-state index in [0.29, 0.717) is 18.5 Å². The lowest BCUT2D eigenvalue weighted by molar-refractivity contribution is -0.132. The molecule has 0 bridgehead atoms. The molecule has 0 saturated carbocycles. The van der Waals surface area contributed by atoms with Gasteiger partial charge in [0.05, 0.1) is 6.54 Å². The fourth-order valence-corrected chi connectivity index (χ4v) is 3.56. The van der Waals surface area contributed by atoms with Crippen LogP contribution < -0.4 is 5.32 Å². The van der Waals surface area contributed by atoms with E-state index in [-0.39, 0.29) is 0 Å². The fourth-order valence-electron chi connectivity index (χ4n) is 3.56. The van der Waals surface area contributed by atoms with E-state index in [1.165, 1.54) is 44.9 Å². The highest BCUT2D eigenvalue weighted by Gasteiger charge is 2.21. The molecule has 2 fully saturated rings. The maximum atomic E-state index is 12.6. The van der Waals surface area contributed by atoms with Crippen molar-refractivity contribution in [1.82, 2.24) is 15.1 Å². The van der Waals surface area contributed by atoms with Crippen molar-refractivity contribution in [3.05, 3.63) is 0 Å². The van der Waals surface area contributed by atoms with Gasteiger partial charge in [-0.2, -0.15) is 0 Å². The Hall–Kier alpha value is -0.610. The van der Waals surface area contributed by atoms with Crippen molar-refractivity contribution in [2.24, 2.45) is 0 Å². The summed E-state index contributed by atoms with van der Waals surface area (Å²) >= 11 is 0. The number of nitrogens with zero attached hydrogens (tertiary/aromatic N) is 2. The monoisotopic (exact) mass is 295 g/mol. The van der Waals surface area contributed by atoms with Gasteiger partial charge in [-0.05, 0) is 45.2 Å². The molecule has 1 atom stereocenters. The molecule has 2 heterocycles. The Bertz CT molecular complexity index is 294. The van der Waals surface area contributed by atoms with Gasteiger partial charge in [0.25, 0.3) is 0 Å². The van der Waals surface area contributed by atoms with Crippen molar-refractivity contribution >= 4 is 5.91 Å². The highest BCUT2D eigenvalue weighted by Crippen LogP contribution is 2.12. The fraction of sp³-hybridized carbons (Fsp3) is 0.941. The zero-order valence-corrected chi connectivity index (χ0v) is 13.8. The highest BCUT2D eigenvalue weighted by atomic mass is 16.2. The first-order chi connectivity index (χ1) is 10.3. The van der Waals surface area contributed by atoms with Crippen molar-refractivity contribution in [3.8, 4) is 0 Å². The summed E-state index contributed by atoms with van der Waals surface area (Å²) in [4.78, 5) is 17.1. The van der Waals surface area contributed by atoms with Crippen LogP contribution in [0.15, 0.2) is 0 Å². The number of rotatable bonds is 6. The van der Waals surface area contributed by atoms with Crippen LogP contribution in [0.4, 0.5) is 0 Å².